The largest absolute Gasteiger partial charge is 0.493 e. The lowest BCUT2D eigenvalue weighted by Crippen LogP contribution is -2.01. The molecule has 1 heterocycles. The minimum atomic E-state index is 0.0324. The number of pyridine rings is 1. The molecule has 2 rings (SSSR count). The van der Waals surface area contributed by atoms with Crippen molar-refractivity contribution in [2.45, 2.75) is 6.61 Å². The van der Waals surface area contributed by atoms with Crippen molar-refractivity contribution in [2.75, 3.05) is 7.11 Å². The summed E-state index contributed by atoms with van der Waals surface area (Å²) in [4.78, 5) is 4.21. The molecule has 0 fully saturated rings. The SMILES string of the molecule is COc1cc(C=C(C#N)C#N)cc(I)c1OCc1ccccn1. The van der Waals surface area contributed by atoms with Gasteiger partial charge in [-0.05, 0) is 58.5 Å². The quantitative estimate of drug-likeness (QED) is 0.548. The zero-order chi connectivity index (χ0) is 16.7. The summed E-state index contributed by atoms with van der Waals surface area (Å²) < 4.78 is 12.0. The Labute approximate surface area is 147 Å². The van der Waals surface area contributed by atoms with E-state index in [0.29, 0.717) is 23.7 Å². The lowest BCUT2D eigenvalue weighted by molar-refractivity contribution is 0.278. The van der Waals surface area contributed by atoms with Gasteiger partial charge in [0.1, 0.15) is 24.3 Å². The molecule has 6 heteroatoms. The molecule has 0 saturated carbocycles. The highest BCUT2D eigenvalue weighted by molar-refractivity contribution is 14.1. The van der Waals surface area contributed by atoms with E-state index in [1.165, 1.54) is 6.08 Å². The van der Waals surface area contributed by atoms with Crippen molar-refractivity contribution in [2.24, 2.45) is 0 Å². The van der Waals surface area contributed by atoms with Gasteiger partial charge in [-0.25, -0.2) is 0 Å². The first kappa shape index (κ1) is 16.8. The normalized spacial score (nSPS) is 9.39. The van der Waals surface area contributed by atoms with Crippen molar-refractivity contribution in [3.05, 3.63) is 56.9 Å². The smallest absolute Gasteiger partial charge is 0.175 e. The first-order valence-electron chi connectivity index (χ1n) is 6.60. The van der Waals surface area contributed by atoms with E-state index < -0.39 is 0 Å². The second-order valence-electron chi connectivity index (χ2n) is 4.43. The fraction of sp³-hybridized carbons (Fsp3) is 0.118. The van der Waals surface area contributed by atoms with Gasteiger partial charge >= 0.3 is 0 Å². The fourth-order valence-electron chi connectivity index (χ4n) is 1.85. The highest BCUT2D eigenvalue weighted by atomic mass is 127. The molecule has 0 unspecified atom stereocenters. The predicted octanol–water partition coefficient (Wildman–Crippen LogP) is 3.70. The van der Waals surface area contributed by atoms with Crippen molar-refractivity contribution >= 4 is 28.7 Å². The molecule has 0 bridgehead atoms. The third-order valence-electron chi connectivity index (χ3n) is 2.89. The Balaban J connectivity index is 2.29. The van der Waals surface area contributed by atoms with Gasteiger partial charge in [-0.1, -0.05) is 6.07 Å². The summed E-state index contributed by atoms with van der Waals surface area (Å²) in [5.74, 6) is 1.14. The summed E-state index contributed by atoms with van der Waals surface area (Å²) in [6, 6.07) is 12.8. The fourth-order valence-corrected chi connectivity index (χ4v) is 2.63. The third kappa shape index (κ3) is 4.44. The van der Waals surface area contributed by atoms with Crippen LogP contribution in [0.15, 0.2) is 42.1 Å². The van der Waals surface area contributed by atoms with Crippen LogP contribution in [0.5, 0.6) is 11.5 Å². The van der Waals surface area contributed by atoms with Crippen LogP contribution in [0.4, 0.5) is 0 Å². The molecule has 0 amide bonds. The van der Waals surface area contributed by atoms with Crippen molar-refractivity contribution in [3.63, 3.8) is 0 Å². The molecule has 0 spiro atoms. The Kier molecular flexibility index (Phi) is 5.95. The molecule has 1 aromatic carbocycles. The van der Waals surface area contributed by atoms with Crippen LogP contribution in [0, 0.1) is 26.2 Å². The van der Waals surface area contributed by atoms with Gasteiger partial charge in [-0.15, -0.1) is 0 Å². The Hall–Kier alpha value is -2.58. The number of rotatable bonds is 5. The number of nitrogens with zero attached hydrogens (tertiary/aromatic N) is 3. The molecular weight excluding hydrogens is 405 g/mol. The number of hydrogen-bond donors (Lipinski definition) is 0. The van der Waals surface area contributed by atoms with Crippen LogP contribution in [-0.2, 0) is 6.61 Å². The molecule has 1 aromatic heterocycles. The van der Waals surface area contributed by atoms with E-state index >= 15 is 0 Å². The van der Waals surface area contributed by atoms with Crippen LogP contribution >= 0.6 is 22.6 Å². The number of ether oxygens (including phenoxy) is 2. The monoisotopic (exact) mass is 417 g/mol. The van der Waals surface area contributed by atoms with Gasteiger partial charge in [0.2, 0.25) is 0 Å². The summed E-state index contributed by atoms with van der Waals surface area (Å²) in [5.41, 5.74) is 1.55. The maximum atomic E-state index is 8.84. The van der Waals surface area contributed by atoms with Crippen molar-refractivity contribution in [1.82, 2.24) is 4.98 Å². The number of methoxy groups -OCH3 is 1. The van der Waals surface area contributed by atoms with Gasteiger partial charge in [-0.3, -0.25) is 4.98 Å². The van der Waals surface area contributed by atoms with E-state index in [1.54, 1.807) is 19.4 Å². The number of nitriles is 2. The summed E-state index contributed by atoms with van der Waals surface area (Å²) in [6.07, 6.45) is 3.22. The van der Waals surface area contributed by atoms with E-state index in [0.717, 1.165) is 9.26 Å². The molecule has 2 aromatic rings. The van der Waals surface area contributed by atoms with Gasteiger partial charge in [0.15, 0.2) is 11.5 Å². The van der Waals surface area contributed by atoms with Crippen LogP contribution in [0.25, 0.3) is 6.08 Å². The average Bonchev–Trinajstić information content (AvgIpc) is 2.59. The predicted molar refractivity (Wildman–Crippen MR) is 93.5 cm³/mol. The molecule has 0 atom stereocenters. The van der Waals surface area contributed by atoms with E-state index in [9.17, 15) is 0 Å². The van der Waals surface area contributed by atoms with Crippen molar-refractivity contribution in [3.8, 4) is 23.6 Å². The molecule has 23 heavy (non-hydrogen) atoms. The Morgan fingerprint density at radius 3 is 2.70 bits per heavy atom. The number of hydrogen-bond acceptors (Lipinski definition) is 5. The molecule has 0 aliphatic rings. The first-order chi connectivity index (χ1) is 11.2. The molecule has 0 saturated heterocycles. The lowest BCUT2D eigenvalue weighted by Gasteiger charge is -2.13. The number of aromatic nitrogens is 1. The molecule has 0 N–H and O–H groups in total. The minimum absolute atomic E-state index is 0.0324. The standard InChI is InChI=1S/C17H12IN3O2/c1-22-16-8-12(6-13(9-19)10-20)7-15(18)17(16)23-11-14-4-2-3-5-21-14/h2-8H,11H2,1H3. The van der Waals surface area contributed by atoms with Crippen LogP contribution < -0.4 is 9.47 Å². The second-order valence-corrected chi connectivity index (χ2v) is 5.59. The first-order valence-corrected chi connectivity index (χ1v) is 7.68. The summed E-state index contributed by atoms with van der Waals surface area (Å²) in [5, 5.41) is 17.7. The van der Waals surface area contributed by atoms with E-state index in [4.69, 9.17) is 20.0 Å². The average molecular weight is 417 g/mol. The third-order valence-corrected chi connectivity index (χ3v) is 3.70. The number of allylic oxidation sites excluding steroid dienone is 1. The highest BCUT2D eigenvalue weighted by Gasteiger charge is 2.12. The van der Waals surface area contributed by atoms with Gasteiger partial charge < -0.3 is 9.47 Å². The summed E-state index contributed by atoms with van der Waals surface area (Å²) >= 11 is 2.13. The van der Waals surface area contributed by atoms with Crippen molar-refractivity contribution < 1.29 is 9.47 Å². The van der Waals surface area contributed by atoms with E-state index in [1.807, 2.05) is 36.4 Å². The summed E-state index contributed by atoms with van der Waals surface area (Å²) in [6.45, 7) is 0.323. The van der Waals surface area contributed by atoms with E-state index in [-0.39, 0.29) is 5.57 Å². The zero-order valence-electron chi connectivity index (χ0n) is 12.3. The maximum absolute atomic E-state index is 8.84. The van der Waals surface area contributed by atoms with Gasteiger partial charge in [0.25, 0.3) is 0 Å². The van der Waals surface area contributed by atoms with Gasteiger partial charge in [-0.2, -0.15) is 10.5 Å². The second kappa shape index (κ2) is 8.16. The molecule has 5 nitrogen and oxygen atoms in total. The Morgan fingerprint density at radius 1 is 1.30 bits per heavy atom. The minimum Gasteiger partial charge on any atom is -0.493 e. The van der Waals surface area contributed by atoms with Gasteiger partial charge in [0, 0.05) is 6.20 Å². The highest BCUT2D eigenvalue weighted by Crippen LogP contribution is 2.35. The van der Waals surface area contributed by atoms with Gasteiger partial charge in [0.05, 0.1) is 16.4 Å². The van der Waals surface area contributed by atoms with E-state index in [2.05, 4.69) is 27.6 Å². The van der Waals surface area contributed by atoms with Crippen molar-refractivity contribution in [1.29, 1.82) is 10.5 Å². The number of benzene rings is 1. The Morgan fingerprint density at radius 2 is 2.09 bits per heavy atom. The van der Waals surface area contributed by atoms with Crippen LogP contribution in [-0.4, -0.2) is 12.1 Å². The molecular formula is C17H12IN3O2. The topological polar surface area (TPSA) is 78.9 Å². The Bertz CT molecular complexity index is 789. The molecule has 0 aliphatic carbocycles. The number of halogens is 1. The van der Waals surface area contributed by atoms with Crippen LogP contribution in [0.3, 0.4) is 0 Å². The zero-order valence-corrected chi connectivity index (χ0v) is 14.4. The molecule has 0 aliphatic heterocycles. The molecule has 0 radical (unpaired) electrons. The van der Waals surface area contributed by atoms with Crippen LogP contribution in [0.1, 0.15) is 11.3 Å². The lowest BCUT2D eigenvalue weighted by atomic mass is 10.1. The maximum Gasteiger partial charge on any atom is 0.175 e. The molecule has 114 valence electrons. The van der Waals surface area contributed by atoms with Crippen LogP contribution in [0.2, 0.25) is 0 Å². The summed E-state index contributed by atoms with van der Waals surface area (Å²) in [7, 11) is 1.54.